The Morgan fingerprint density at radius 1 is 1.00 bits per heavy atom. The van der Waals surface area contributed by atoms with Crippen molar-refractivity contribution in [3.63, 3.8) is 0 Å². The van der Waals surface area contributed by atoms with Crippen molar-refractivity contribution in [2.45, 2.75) is 19.5 Å². The molecule has 0 atom stereocenters. The summed E-state index contributed by atoms with van der Waals surface area (Å²) in [5, 5.41) is 18.2. The third-order valence-electron chi connectivity index (χ3n) is 4.31. The minimum atomic E-state index is -0.0364. The van der Waals surface area contributed by atoms with Crippen LogP contribution < -0.4 is 5.32 Å². The van der Waals surface area contributed by atoms with Crippen LogP contribution >= 0.6 is 0 Å². The molecule has 0 aliphatic heterocycles. The molecule has 9 nitrogen and oxygen atoms in total. The van der Waals surface area contributed by atoms with Gasteiger partial charge in [-0.05, 0) is 39.2 Å². The van der Waals surface area contributed by atoms with Crippen LogP contribution in [0.5, 0.6) is 0 Å². The number of aromatic nitrogens is 7. The molecule has 2 heterocycles. The van der Waals surface area contributed by atoms with E-state index in [1.54, 1.807) is 15.7 Å². The van der Waals surface area contributed by atoms with Crippen molar-refractivity contribution in [2.24, 2.45) is 0 Å². The number of nitrogens with one attached hydrogen (secondary N) is 1. The van der Waals surface area contributed by atoms with E-state index in [9.17, 15) is 4.79 Å². The lowest BCUT2D eigenvalue weighted by molar-refractivity contribution is -0.120. The summed E-state index contributed by atoms with van der Waals surface area (Å²) in [5.41, 5.74) is 3.92. The Labute approximate surface area is 161 Å². The minimum absolute atomic E-state index is 0.0364. The SMILES string of the molecule is O=C(Cc1ccc(-n2cnnn2)cc1)NCc1ccccc1Cn1cncn1. The molecule has 0 radical (unpaired) electrons. The molecule has 28 heavy (non-hydrogen) atoms. The van der Waals surface area contributed by atoms with E-state index in [2.05, 4.69) is 30.9 Å². The second kappa shape index (κ2) is 8.21. The first-order valence-electron chi connectivity index (χ1n) is 8.76. The van der Waals surface area contributed by atoms with Gasteiger partial charge in [-0.1, -0.05) is 36.4 Å². The molecule has 1 N–H and O–H groups in total. The van der Waals surface area contributed by atoms with E-state index < -0.39 is 0 Å². The van der Waals surface area contributed by atoms with Crippen LogP contribution in [0.4, 0.5) is 0 Å². The highest BCUT2D eigenvalue weighted by molar-refractivity contribution is 5.78. The van der Waals surface area contributed by atoms with Crippen LogP contribution in [0.2, 0.25) is 0 Å². The summed E-state index contributed by atoms with van der Waals surface area (Å²) < 4.78 is 3.32. The van der Waals surface area contributed by atoms with E-state index >= 15 is 0 Å². The van der Waals surface area contributed by atoms with E-state index in [4.69, 9.17) is 0 Å². The van der Waals surface area contributed by atoms with Gasteiger partial charge in [0, 0.05) is 6.54 Å². The van der Waals surface area contributed by atoms with Gasteiger partial charge in [-0.3, -0.25) is 4.79 Å². The van der Waals surface area contributed by atoms with E-state index in [1.807, 2.05) is 48.5 Å². The fraction of sp³-hybridized carbons (Fsp3) is 0.158. The molecular weight excluding hydrogens is 356 g/mol. The topological polar surface area (TPSA) is 103 Å². The molecule has 9 heteroatoms. The van der Waals surface area contributed by atoms with Crippen LogP contribution in [0.3, 0.4) is 0 Å². The summed E-state index contributed by atoms with van der Waals surface area (Å²) in [6.07, 6.45) is 5.02. The highest BCUT2D eigenvalue weighted by atomic mass is 16.1. The lowest BCUT2D eigenvalue weighted by atomic mass is 10.1. The van der Waals surface area contributed by atoms with E-state index in [0.717, 1.165) is 22.4 Å². The molecule has 2 aromatic heterocycles. The van der Waals surface area contributed by atoms with Crippen LogP contribution in [0.25, 0.3) is 5.69 Å². The predicted octanol–water partition coefficient (Wildman–Crippen LogP) is 1.16. The van der Waals surface area contributed by atoms with Gasteiger partial charge in [-0.15, -0.1) is 5.10 Å². The molecule has 1 amide bonds. The quantitative estimate of drug-likeness (QED) is 0.521. The lowest BCUT2D eigenvalue weighted by Crippen LogP contribution is -2.25. The molecule has 0 bridgehead atoms. The standard InChI is InChI=1S/C19H18N8O/c28-19(9-15-5-7-18(8-6-15)27-14-22-24-25-27)21-10-16-3-1-2-4-17(16)11-26-13-20-12-23-26/h1-8,12-14H,9-11H2,(H,21,28). The molecule has 0 unspecified atom stereocenters. The number of nitrogens with zero attached hydrogens (tertiary/aromatic N) is 7. The summed E-state index contributed by atoms with van der Waals surface area (Å²) in [6.45, 7) is 1.08. The average molecular weight is 374 g/mol. The van der Waals surface area contributed by atoms with Crippen molar-refractivity contribution in [1.29, 1.82) is 0 Å². The molecule has 0 aliphatic rings. The Balaban J connectivity index is 1.35. The Bertz CT molecular complexity index is 1030. The fourth-order valence-corrected chi connectivity index (χ4v) is 2.86. The number of benzene rings is 2. The number of hydrogen-bond donors (Lipinski definition) is 1. The molecule has 2 aromatic carbocycles. The van der Waals surface area contributed by atoms with E-state index in [1.165, 1.54) is 12.7 Å². The first-order chi connectivity index (χ1) is 13.8. The Kier molecular flexibility index (Phi) is 5.14. The molecule has 0 fully saturated rings. The first kappa shape index (κ1) is 17.5. The number of rotatable bonds is 7. The van der Waals surface area contributed by atoms with Gasteiger partial charge < -0.3 is 5.32 Å². The van der Waals surface area contributed by atoms with Gasteiger partial charge in [0.2, 0.25) is 5.91 Å². The molecule has 140 valence electrons. The normalized spacial score (nSPS) is 10.7. The Morgan fingerprint density at radius 2 is 1.82 bits per heavy atom. The molecule has 4 aromatic rings. The summed E-state index contributed by atoms with van der Waals surface area (Å²) in [6, 6.07) is 15.5. The van der Waals surface area contributed by atoms with Crippen molar-refractivity contribution in [3.8, 4) is 5.69 Å². The molecule has 0 saturated heterocycles. The number of amides is 1. The molecule has 0 saturated carbocycles. The van der Waals surface area contributed by atoms with Gasteiger partial charge in [-0.25, -0.2) is 14.3 Å². The highest BCUT2D eigenvalue weighted by Crippen LogP contribution is 2.11. The zero-order chi connectivity index (χ0) is 19.2. The predicted molar refractivity (Wildman–Crippen MR) is 100 cm³/mol. The van der Waals surface area contributed by atoms with Crippen molar-refractivity contribution in [1.82, 2.24) is 40.3 Å². The fourth-order valence-electron chi connectivity index (χ4n) is 2.86. The van der Waals surface area contributed by atoms with Crippen molar-refractivity contribution in [3.05, 3.63) is 84.2 Å². The number of hydrogen-bond acceptors (Lipinski definition) is 6. The Hall–Kier alpha value is -3.88. The zero-order valence-corrected chi connectivity index (χ0v) is 15.0. The van der Waals surface area contributed by atoms with Crippen LogP contribution in [0.1, 0.15) is 16.7 Å². The molecular formula is C19H18N8O. The minimum Gasteiger partial charge on any atom is -0.352 e. The summed E-state index contributed by atoms with van der Waals surface area (Å²) >= 11 is 0. The summed E-state index contributed by atoms with van der Waals surface area (Å²) in [7, 11) is 0. The maximum atomic E-state index is 12.4. The highest BCUT2D eigenvalue weighted by Gasteiger charge is 2.07. The van der Waals surface area contributed by atoms with E-state index in [0.29, 0.717) is 19.5 Å². The van der Waals surface area contributed by atoms with Gasteiger partial charge in [0.05, 0.1) is 18.7 Å². The lowest BCUT2D eigenvalue weighted by Gasteiger charge is -2.11. The van der Waals surface area contributed by atoms with Crippen molar-refractivity contribution >= 4 is 5.91 Å². The smallest absolute Gasteiger partial charge is 0.224 e. The van der Waals surface area contributed by atoms with Crippen LogP contribution in [-0.2, 0) is 24.3 Å². The molecule has 0 spiro atoms. The number of carbonyl (C=O) groups excluding carboxylic acids is 1. The maximum absolute atomic E-state index is 12.4. The van der Waals surface area contributed by atoms with E-state index in [-0.39, 0.29) is 5.91 Å². The second-order valence-electron chi connectivity index (χ2n) is 6.24. The van der Waals surface area contributed by atoms with Crippen molar-refractivity contribution in [2.75, 3.05) is 0 Å². The largest absolute Gasteiger partial charge is 0.352 e. The second-order valence-corrected chi connectivity index (χ2v) is 6.24. The van der Waals surface area contributed by atoms with Crippen LogP contribution in [0, 0.1) is 0 Å². The maximum Gasteiger partial charge on any atom is 0.224 e. The third kappa shape index (κ3) is 4.26. The number of tetrazole rings is 1. The first-order valence-corrected chi connectivity index (χ1v) is 8.76. The van der Waals surface area contributed by atoms with Gasteiger partial charge in [0.25, 0.3) is 0 Å². The summed E-state index contributed by atoms with van der Waals surface area (Å²) in [5.74, 6) is -0.0364. The molecule has 4 rings (SSSR count). The van der Waals surface area contributed by atoms with Gasteiger partial charge in [0.15, 0.2) is 0 Å². The van der Waals surface area contributed by atoms with Crippen molar-refractivity contribution < 1.29 is 4.79 Å². The zero-order valence-electron chi connectivity index (χ0n) is 15.0. The number of carbonyl (C=O) groups is 1. The summed E-state index contributed by atoms with van der Waals surface area (Å²) in [4.78, 5) is 16.3. The van der Waals surface area contributed by atoms with Crippen LogP contribution in [-0.4, -0.2) is 40.9 Å². The van der Waals surface area contributed by atoms with Gasteiger partial charge in [-0.2, -0.15) is 5.10 Å². The third-order valence-corrected chi connectivity index (χ3v) is 4.31. The van der Waals surface area contributed by atoms with Gasteiger partial charge >= 0.3 is 0 Å². The Morgan fingerprint density at radius 3 is 2.54 bits per heavy atom. The van der Waals surface area contributed by atoms with Crippen LogP contribution in [0.15, 0.2) is 67.5 Å². The average Bonchev–Trinajstić information content (AvgIpc) is 3.42. The molecule has 0 aliphatic carbocycles. The van der Waals surface area contributed by atoms with Gasteiger partial charge in [0.1, 0.15) is 19.0 Å². The monoisotopic (exact) mass is 374 g/mol.